The fraction of sp³-hybridized carbons (Fsp3) is 0.556. The summed E-state index contributed by atoms with van der Waals surface area (Å²) in [5, 5.41) is 7.42. The third-order valence-corrected chi connectivity index (χ3v) is 5.62. The molecule has 2 aromatic rings. The van der Waals surface area contributed by atoms with Crippen molar-refractivity contribution >= 4 is 21.4 Å². The summed E-state index contributed by atoms with van der Waals surface area (Å²) in [4.78, 5) is 0. The lowest BCUT2D eigenvalue weighted by Crippen LogP contribution is -2.28. The highest BCUT2D eigenvalue weighted by molar-refractivity contribution is 7.17. The predicted molar refractivity (Wildman–Crippen MR) is 89.4 cm³/mol. The van der Waals surface area contributed by atoms with Gasteiger partial charge in [-0.05, 0) is 47.7 Å². The van der Waals surface area contributed by atoms with Gasteiger partial charge in [0, 0.05) is 10.7 Å². The van der Waals surface area contributed by atoms with Crippen LogP contribution < -0.4 is 5.32 Å². The van der Waals surface area contributed by atoms with Crippen molar-refractivity contribution < 1.29 is 0 Å². The van der Waals surface area contributed by atoms with Crippen molar-refractivity contribution in [1.29, 1.82) is 0 Å². The normalized spacial score (nSPS) is 19.1. The molecule has 1 fully saturated rings. The van der Waals surface area contributed by atoms with Gasteiger partial charge < -0.3 is 5.32 Å². The van der Waals surface area contributed by atoms with Gasteiger partial charge in [0.25, 0.3) is 0 Å². The van der Waals surface area contributed by atoms with Crippen molar-refractivity contribution in [2.45, 2.75) is 51.5 Å². The number of nitrogens with one attached hydrogen (secondary N) is 1. The minimum atomic E-state index is 0.542. The Kier molecular flexibility index (Phi) is 4.74. The lowest BCUT2D eigenvalue weighted by molar-refractivity contribution is 0.332. The van der Waals surface area contributed by atoms with Crippen molar-refractivity contribution in [3.63, 3.8) is 0 Å². The van der Waals surface area contributed by atoms with E-state index in [4.69, 9.17) is 0 Å². The maximum atomic E-state index is 3.78. The zero-order valence-corrected chi connectivity index (χ0v) is 13.2. The summed E-state index contributed by atoms with van der Waals surface area (Å²) in [6.45, 7) is 3.29. The second-order valence-electron chi connectivity index (χ2n) is 5.97. The molecular weight excluding hydrogens is 262 g/mol. The van der Waals surface area contributed by atoms with Crippen molar-refractivity contribution in [3.8, 4) is 0 Å². The molecule has 0 aliphatic heterocycles. The van der Waals surface area contributed by atoms with Gasteiger partial charge in [0.15, 0.2) is 0 Å². The molecule has 20 heavy (non-hydrogen) atoms. The number of benzene rings is 1. The first-order chi connectivity index (χ1) is 9.90. The van der Waals surface area contributed by atoms with Crippen molar-refractivity contribution in [2.75, 3.05) is 6.54 Å². The van der Waals surface area contributed by atoms with Crippen LogP contribution in [0.1, 0.15) is 57.1 Å². The molecule has 1 N–H and O–H groups in total. The molecule has 1 aliphatic rings. The summed E-state index contributed by atoms with van der Waals surface area (Å²) >= 11 is 1.90. The third-order valence-electron chi connectivity index (χ3n) is 4.64. The molecule has 3 rings (SSSR count). The summed E-state index contributed by atoms with van der Waals surface area (Å²) in [5.41, 5.74) is 1.53. The zero-order valence-electron chi connectivity index (χ0n) is 12.4. The number of hydrogen-bond donors (Lipinski definition) is 1. The number of thiophene rings is 1. The SMILES string of the molecule is CCNC(c1cccc2ccsc12)C1CCCCCC1. The average molecular weight is 287 g/mol. The number of rotatable bonds is 4. The molecule has 1 nitrogen and oxygen atoms in total. The van der Waals surface area contributed by atoms with E-state index in [1.807, 2.05) is 11.3 Å². The first-order valence-electron chi connectivity index (χ1n) is 8.09. The Morgan fingerprint density at radius 3 is 2.70 bits per heavy atom. The Morgan fingerprint density at radius 2 is 1.95 bits per heavy atom. The molecule has 0 amide bonds. The molecule has 1 heterocycles. The summed E-state index contributed by atoms with van der Waals surface area (Å²) in [5.74, 6) is 0.810. The van der Waals surface area contributed by atoms with Gasteiger partial charge in [0.05, 0.1) is 0 Å². The Morgan fingerprint density at radius 1 is 1.15 bits per heavy atom. The van der Waals surface area contributed by atoms with E-state index < -0.39 is 0 Å². The van der Waals surface area contributed by atoms with Crippen LogP contribution in [0.3, 0.4) is 0 Å². The van der Waals surface area contributed by atoms with Crippen LogP contribution in [0.15, 0.2) is 29.6 Å². The van der Waals surface area contributed by atoms with E-state index in [1.165, 1.54) is 54.2 Å². The number of hydrogen-bond acceptors (Lipinski definition) is 2. The van der Waals surface area contributed by atoms with Crippen LogP contribution in [0.25, 0.3) is 10.1 Å². The van der Waals surface area contributed by atoms with Crippen LogP contribution in [0.2, 0.25) is 0 Å². The molecule has 1 unspecified atom stereocenters. The first kappa shape index (κ1) is 14.1. The summed E-state index contributed by atoms with van der Waals surface area (Å²) in [6, 6.07) is 9.61. The maximum absolute atomic E-state index is 3.78. The largest absolute Gasteiger partial charge is 0.310 e. The van der Waals surface area contributed by atoms with Crippen molar-refractivity contribution in [3.05, 3.63) is 35.2 Å². The van der Waals surface area contributed by atoms with E-state index in [1.54, 1.807) is 0 Å². The highest BCUT2D eigenvalue weighted by Gasteiger charge is 2.25. The molecule has 1 atom stereocenters. The Bertz CT molecular complexity index is 537. The van der Waals surface area contributed by atoms with Crippen LogP contribution in [0, 0.1) is 5.92 Å². The summed E-state index contributed by atoms with van der Waals surface area (Å²) in [6.07, 6.45) is 8.45. The molecule has 0 radical (unpaired) electrons. The van der Waals surface area contributed by atoms with E-state index in [0.717, 1.165) is 12.5 Å². The second-order valence-corrected chi connectivity index (χ2v) is 6.89. The van der Waals surface area contributed by atoms with Crippen LogP contribution in [-0.4, -0.2) is 6.54 Å². The van der Waals surface area contributed by atoms with Gasteiger partial charge in [0.1, 0.15) is 0 Å². The minimum absolute atomic E-state index is 0.542. The molecule has 2 heteroatoms. The fourth-order valence-electron chi connectivity index (χ4n) is 3.66. The predicted octanol–water partition coefficient (Wildman–Crippen LogP) is 5.52. The van der Waals surface area contributed by atoms with Gasteiger partial charge in [-0.2, -0.15) is 0 Å². The lowest BCUT2D eigenvalue weighted by atomic mass is 9.86. The maximum Gasteiger partial charge on any atom is 0.0390 e. The fourth-order valence-corrected chi connectivity index (χ4v) is 4.61. The quantitative estimate of drug-likeness (QED) is 0.730. The van der Waals surface area contributed by atoms with Crippen LogP contribution in [-0.2, 0) is 0 Å². The van der Waals surface area contributed by atoms with Gasteiger partial charge in [-0.25, -0.2) is 0 Å². The monoisotopic (exact) mass is 287 g/mol. The van der Waals surface area contributed by atoms with Gasteiger partial charge >= 0.3 is 0 Å². The number of fused-ring (bicyclic) bond motifs is 1. The van der Waals surface area contributed by atoms with E-state index in [9.17, 15) is 0 Å². The molecular formula is C18H25NS. The van der Waals surface area contributed by atoms with E-state index in [2.05, 4.69) is 41.9 Å². The first-order valence-corrected chi connectivity index (χ1v) is 8.97. The molecule has 1 aromatic carbocycles. The Balaban J connectivity index is 1.94. The van der Waals surface area contributed by atoms with E-state index >= 15 is 0 Å². The third kappa shape index (κ3) is 2.91. The van der Waals surface area contributed by atoms with Crippen molar-refractivity contribution in [2.24, 2.45) is 5.92 Å². The molecule has 1 aromatic heterocycles. The zero-order chi connectivity index (χ0) is 13.8. The molecule has 1 saturated carbocycles. The molecule has 0 saturated heterocycles. The standard InChI is InChI=1S/C18H25NS/c1-2-19-17(14-8-5-3-4-6-9-14)16-11-7-10-15-12-13-20-18(15)16/h7,10-14,17,19H,2-6,8-9H2,1H3. The van der Waals surface area contributed by atoms with Gasteiger partial charge in [-0.3, -0.25) is 0 Å². The van der Waals surface area contributed by atoms with Crippen molar-refractivity contribution in [1.82, 2.24) is 5.32 Å². The van der Waals surface area contributed by atoms with Gasteiger partial charge in [0.2, 0.25) is 0 Å². The lowest BCUT2D eigenvalue weighted by Gasteiger charge is -2.28. The molecule has 0 bridgehead atoms. The summed E-state index contributed by atoms with van der Waals surface area (Å²) < 4.78 is 1.49. The van der Waals surface area contributed by atoms with Gasteiger partial charge in [-0.1, -0.05) is 50.8 Å². The molecule has 1 aliphatic carbocycles. The van der Waals surface area contributed by atoms with Crippen LogP contribution in [0.4, 0.5) is 0 Å². The highest BCUT2D eigenvalue weighted by Crippen LogP contribution is 2.37. The van der Waals surface area contributed by atoms with Gasteiger partial charge in [-0.15, -0.1) is 11.3 Å². The highest BCUT2D eigenvalue weighted by atomic mass is 32.1. The van der Waals surface area contributed by atoms with E-state index in [0.29, 0.717) is 6.04 Å². The molecule has 108 valence electrons. The van der Waals surface area contributed by atoms with Crippen LogP contribution in [0.5, 0.6) is 0 Å². The topological polar surface area (TPSA) is 12.0 Å². The average Bonchev–Trinajstić information content (AvgIpc) is 2.79. The minimum Gasteiger partial charge on any atom is -0.310 e. The van der Waals surface area contributed by atoms with Crippen LogP contribution >= 0.6 is 11.3 Å². The molecule has 0 spiro atoms. The Labute approximate surface area is 126 Å². The summed E-state index contributed by atoms with van der Waals surface area (Å²) in [7, 11) is 0. The Hall–Kier alpha value is -0.860. The smallest absolute Gasteiger partial charge is 0.0390 e. The van der Waals surface area contributed by atoms with E-state index in [-0.39, 0.29) is 0 Å². The second kappa shape index (κ2) is 6.73.